The van der Waals surface area contributed by atoms with Crippen LogP contribution >= 0.6 is 28.3 Å². The van der Waals surface area contributed by atoms with Crippen LogP contribution < -0.4 is 0 Å². The van der Waals surface area contributed by atoms with Gasteiger partial charge in [0, 0.05) is 5.75 Å². The second kappa shape index (κ2) is 4.18. The van der Waals surface area contributed by atoms with Crippen molar-refractivity contribution in [2.45, 2.75) is 13.3 Å². The molecule has 0 radical (unpaired) electrons. The van der Waals surface area contributed by atoms with Crippen LogP contribution in [0.25, 0.3) is 0 Å². The van der Waals surface area contributed by atoms with Crippen molar-refractivity contribution in [3.63, 3.8) is 0 Å². The summed E-state index contributed by atoms with van der Waals surface area (Å²) in [6.07, 6.45) is 1.05. The summed E-state index contributed by atoms with van der Waals surface area (Å²) in [5, 5.41) is 0. The lowest BCUT2D eigenvalue weighted by molar-refractivity contribution is 0.654. The maximum absolute atomic E-state index is 8.90. The topological polar surface area (TPSA) is 20.2 Å². The van der Waals surface area contributed by atoms with Crippen LogP contribution in [0.15, 0.2) is 0 Å². The van der Waals surface area contributed by atoms with E-state index in [0.717, 1.165) is 12.2 Å². The molecule has 0 rings (SSSR count). The van der Waals surface area contributed by atoms with Crippen molar-refractivity contribution >= 4 is 40.1 Å². The first-order chi connectivity index (χ1) is 3.56. The van der Waals surface area contributed by atoms with Gasteiger partial charge in [-0.15, -0.1) is 12.2 Å². The molecule has 8 heavy (non-hydrogen) atoms. The summed E-state index contributed by atoms with van der Waals surface area (Å²) in [6.45, 7) is 2.05. The van der Waals surface area contributed by atoms with Crippen LogP contribution in [0.3, 0.4) is 0 Å². The van der Waals surface area contributed by atoms with E-state index < -0.39 is 4.67 Å². The molecule has 1 atom stereocenters. The summed E-state index contributed by atoms with van der Waals surface area (Å²) in [7, 11) is 0. The third-order valence-corrected chi connectivity index (χ3v) is 4.94. The molecule has 0 bridgehead atoms. The maximum Gasteiger partial charge on any atom is 0.169 e. The second-order valence-corrected chi connectivity index (χ2v) is 11.0. The molecule has 5 heteroatoms. The van der Waals surface area contributed by atoms with Gasteiger partial charge >= 0.3 is 0 Å². The zero-order valence-corrected chi connectivity index (χ0v) is 7.99. The molecule has 0 aliphatic heterocycles. The number of hydrogen-bond donors (Lipinski definition) is 2. The Hall–Kier alpha value is 1.31. The van der Waals surface area contributed by atoms with E-state index in [-0.39, 0.29) is 0 Å². The minimum absolute atomic E-state index is 0.914. The van der Waals surface area contributed by atoms with Gasteiger partial charge in [0.05, 0.1) is 0 Å². The van der Waals surface area contributed by atoms with Crippen molar-refractivity contribution < 1.29 is 4.89 Å². The minimum atomic E-state index is -2.24. The molecule has 50 valence electrons. The van der Waals surface area contributed by atoms with Crippen molar-refractivity contribution in [1.29, 1.82) is 0 Å². The van der Waals surface area contributed by atoms with E-state index in [4.69, 9.17) is 4.89 Å². The summed E-state index contributed by atoms with van der Waals surface area (Å²) in [6, 6.07) is 0. The van der Waals surface area contributed by atoms with Crippen molar-refractivity contribution in [3.8, 4) is 0 Å². The molecule has 0 aliphatic rings. The first kappa shape index (κ1) is 9.31. The van der Waals surface area contributed by atoms with Gasteiger partial charge in [0.2, 0.25) is 0 Å². The minimum Gasteiger partial charge on any atom is -0.350 e. The normalized spacial score (nSPS) is 17.9. The standard InChI is InChI=1S/C3H9OPS3/c1-2-3-8-5(4,6)7/h2-3H2,1H3,(H2,4,6,7). The molecule has 1 unspecified atom stereocenters. The Balaban J connectivity index is 3.26. The molecule has 0 amide bonds. The van der Waals surface area contributed by atoms with E-state index in [1.165, 1.54) is 11.4 Å². The summed E-state index contributed by atoms with van der Waals surface area (Å²) in [5.41, 5.74) is 0. The highest BCUT2D eigenvalue weighted by molar-refractivity contribution is 8.94. The Morgan fingerprint density at radius 3 is 2.50 bits per heavy atom. The predicted molar refractivity (Wildman–Crippen MR) is 48.2 cm³/mol. The Kier molecular flexibility index (Phi) is 4.86. The maximum atomic E-state index is 8.90. The Labute approximate surface area is 64.2 Å². The molecule has 0 saturated heterocycles. The molecule has 1 nitrogen and oxygen atoms in total. The van der Waals surface area contributed by atoms with Gasteiger partial charge in [-0.05, 0) is 18.2 Å². The lowest BCUT2D eigenvalue weighted by atomic mass is 10.6. The van der Waals surface area contributed by atoms with E-state index >= 15 is 0 Å². The Bertz CT molecular complexity index is 98.7. The van der Waals surface area contributed by atoms with Gasteiger partial charge in [0.15, 0.2) is 4.67 Å². The quantitative estimate of drug-likeness (QED) is 0.524. The monoisotopic (exact) mass is 188 g/mol. The van der Waals surface area contributed by atoms with E-state index in [2.05, 4.69) is 24.1 Å². The van der Waals surface area contributed by atoms with Crippen LogP contribution in [-0.2, 0) is 11.8 Å². The average Bonchev–Trinajstić information content (AvgIpc) is 1.59. The SMILES string of the molecule is CCCSP(O)(=S)S. The van der Waals surface area contributed by atoms with Gasteiger partial charge in [-0.1, -0.05) is 18.3 Å². The molecule has 0 aromatic rings. The molecule has 0 aromatic carbocycles. The molecule has 0 heterocycles. The zero-order valence-electron chi connectivity index (χ0n) is 4.57. The van der Waals surface area contributed by atoms with Crippen molar-refractivity contribution in [3.05, 3.63) is 0 Å². The third-order valence-electron chi connectivity index (χ3n) is 0.464. The lowest BCUT2D eigenvalue weighted by Gasteiger charge is -2.03. The van der Waals surface area contributed by atoms with Crippen LogP contribution in [0.2, 0.25) is 0 Å². The molecule has 1 N–H and O–H groups in total. The fourth-order valence-corrected chi connectivity index (χ4v) is 3.30. The van der Waals surface area contributed by atoms with Gasteiger partial charge in [-0.2, -0.15) is 0 Å². The van der Waals surface area contributed by atoms with Crippen molar-refractivity contribution in [2.75, 3.05) is 5.75 Å². The molecular formula is C3H9OPS3. The largest absolute Gasteiger partial charge is 0.350 e. The predicted octanol–water partition coefficient (Wildman–Crippen LogP) is 2.28. The first-order valence-electron chi connectivity index (χ1n) is 2.26. The van der Waals surface area contributed by atoms with Gasteiger partial charge in [0.1, 0.15) is 0 Å². The number of hydrogen-bond acceptors (Lipinski definition) is 2. The molecule has 0 fully saturated rings. The highest BCUT2D eigenvalue weighted by Gasteiger charge is 2.02. The van der Waals surface area contributed by atoms with E-state index in [9.17, 15) is 0 Å². The molecule has 0 spiro atoms. The van der Waals surface area contributed by atoms with Gasteiger partial charge in [-0.25, -0.2) is 0 Å². The zero-order chi connectivity index (χ0) is 6.62. The highest BCUT2D eigenvalue weighted by Crippen LogP contribution is 2.59. The smallest absolute Gasteiger partial charge is 0.169 e. The molecular weight excluding hydrogens is 179 g/mol. The van der Waals surface area contributed by atoms with Crippen LogP contribution in [0.1, 0.15) is 13.3 Å². The average molecular weight is 188 g/mol. The van der Waals surface area contributed by atoms with Crippen LogP contribution in [-0.4, -0.2) is 10.6 Å². The van der Waals surface area contributed by atoms with Crippen LogP contribution in [0.5, 0.6) is 0 Å². The highest BCUT2D eigenvalue weighted by atomic mass is 33.2. The fraction of sp³-hybridized carbons (Fsp3) is 1.00. The van der Waals surface area contributed by atoms with Crippen LogP contribution in [0.4, 0.5) is 0 Å². The number of rotatable bonds is 3. The van der Waals surface area contributed by atoms with Gasteiger partial charge in [-0.3, -0.25) is 0 Å². The first-order valence-corrected chi connectivity index (χ1v) is 7.76. The van der Waals surface area contributed by atoms with E-state index in [1.807, 2.05) is 6.92 Å². The number of thiol groups is 1. The van der Waals surface area contributed by atoms with Crippen molar-refractivity contribution in [2.24, 2.45) is 0 Å². The van der Waals surface area contributed by atoms with E-state index in [1.54, 1.807) is 0 Å². The van der Waals surface area contributed by atoms with Gasteiger partial charge in [0.25, 0.3) is 0 Å². The van der Waals surface area contributed by atoms with Crippen molar-refractivity contribution in [1.82, 2.24) is 0 Å². The van der Waals surface area contributed by atoms with Crippen LogP contribution in [0, 0.1) is 0 Å². The summed E-state index contributed by atoms with van der Waals surface area (Å²) in [5.74, 6) is 0.914. The summed E-state index contributed by atoms with van der Waals surface area (Å²) >= 11 is 9.86. The fourth-order valence-electron chi connectivity index (χ4n) is 0.210. The Morgan fingerprint density at radius 2 is 2.38 bits per heavy atom. The molecule has 0 saturated carbocycles. The molecule has 0 aliphatic carbocycles. The summed E-state index contributed by atoms with van der Waals surface area (Å²) in [4.78, 5) is 8.90. The molecule has 0 aromatic heterocycles. The second-order valence-electron chi connectivity index (χ2n) is 1.32. The third kappa shape index (κ3) is 7.31. The van der Waals surface area contributed by atoms with E-state index in [0.29, 0.717) is 0 Å². The Morgan fingerprint density at radius 1 is 1.88 bits per heavy atom. The lowest BCUT2D eigenvalue weighted by Crippen LogP contribution is -1.68. The summed E-state index contributed by atoms with van der Waals surface area (Å²) < 4.78 is -2.24. The van der Waals surface area contributed by atoms with Gasteiger partial charge < -0.3 is 4.89 Å².